The molecule has 0 atom stereocenters. The fourth-order valence-corrected chi connectivity index (χ4v) is 0.926. The monoisotopic (exact) mass is 175 g/mol. The molecule has 3 nitrogen and oxygen atoms in total. The third-order valence-corrected chi connectivity index (χ3v) is 1.62. The van der Waals surface area contributed by atoms with Crippen LogP contribution in [0.1, 0.15) is 12.5 Å². The molecule has 0 unspecified atom stereocenters. The molecule has 0 N–H and O–H groups in total. The zero-order valence-electron chi connectivity index (χ0n) is 7.28. The van der Waals surface area contributed by atoms with Gasteiger partial charge in [0, 0.05) is 18.6 Å². The van der Waals surface area contributed by atoms with Crippen molar-refractivity contribution in [3.8, 4) is 11.8 Å². The van der Waals surface area contributed by atoms with Gasteiger partial charge in [-0.3, -0.25) is 10.1 Å². The Morgan fingerprint density at radius 2 is 2.00 bits per heavy atom. The first-order valence-corrected chi connectivity index (χ1v) is 3.87. The average Bonchev–Trinajstić information content (AvgIpc) is 2.15. The standard InChI is InChI=1S/C10H9NO2/c1-2-3-4-9-5-7-10(8-6-9)11(12)13/h5-8H,4H2,1H3. The maximum atomic E-state index is 10.3. The molecule has 0 aliphatic carbocycles. The lowest BCUT2D eigenvalue weighted by Gasteiger charge is -1.93. The van der Waals surface area contributed by atoms with E-state index in [1.165, 1.54) is 12.1 Å². The van der Waals surface area contributed by atoms with Crippen LogP contribution in [0.15, 0.2) is 24.3 Å². The summed E-state index contributed by atoms with van der Waals surface area (Å²) in [6, 6.07) is 6.43. The first-order chi connectivity index (χ1) is 6.24. The summed E-state index contributed by atoms with van der Waals surface area (Å²) >= 11 is 0. The Balaban J connectivity index is 2.79. The Hall–Kier alpha value is -1.82. The van der Waals surface area contributed by atoms with Crippen molar-refractivity contribution >= 4 is 5.69 Å². The zero-order chi connectivity index (χ0) is 9.68. The van der Waals surface area contributed by atoms with Crippen LogP contribution in [-0.2, 0) is 6.42 Å². The Kier molecular flexibility index (Phi) is 3.04. The van der Waals surface area contributed by atoms with Crippen LogP contribution in [0.2, 0.25) is 0 Å². The Labute approximate surface area is 76.5 Å². The molecule has 0 aromatic heterocycles. The number of nitro groups is 1. The number of hydrogen-bond acceptors (Lipinski definition) is 2. The maximum Gasteiger partial charge on any atom is 0.269 e. The first kappa shape index (κ1) is 9.27. The second-order valence-corrected chi connectivity index (χ2v) is 2.53. The van der Waals surface area contributed by atoms with E-state index in [1.807, 2.05) is 0 Å². The minimum absolute atomic E-state index is 0.119. The maximum absolute atomic E-state index is 10.3. The molecule has 0 aliphatic rings. The van der Waals surface area contributed by atoms with Gasteiger partial charge in [0.1, 0.15) is 0 Å². The minimum Gasteiger partial charge on any atom is -0.258 e. The first-order valence-electron chi connectivity index (χ1n) is 3.87. The summed E-state index contributed by atoms with van der Waals surface area (Å²) in [6.45, 7) is 1.77. The van der Waals surface area contributed by atoms with Crippen molar-refractivity contribution in [3.63, 3.8) is 0 Å². The lowest BCUT2D eigenvalue weighted by atomic mass is 10.1. The minimum atomic E-state index is -0.407. The van der Waals surface area contributed by atoms with E-state index < -0.39 is 4.92 Å². The molecule has 0 bridgehead atoms. The molecule has 0 amide bonds. The largest absolute Gasteiger partial charge is 0.269 e. The van der Waals surface area contributed by atoms with Gasteiger partial charge in [-0.1, -0.05) is 18.1 Å². The summed E-state index contributed by atoms with van der Waals surface area (Å²) in [6.07, 6.45) is 0.647. The third-order valence-electron chi connectivity index (χ3n) is 1.62. The van der Waals surface area contributed by atoms with Gasteiger partial charge in [-0.2, -0.15) is 0 Å². The molecule has 0 heterocycles. The van der Waals surface area contributed by atoms with E-state index in [-0.39, 0.29) is 5.69 Å². The van der Waals surface area contributed by atoms with Crippen molar-refractivity contribution in [2.75, 3.05) is 0 Å². The number of benzene rings is 1. The lowest BCUT2D eigenvalue weighted by molar-refractivity contribution is -0.384. The molecule has 1 aromatic rings. The van der Waals surface area contributed by atoms with Crippen LogP contribution in [0.4, 0.5) is 5.69 Å². The zero-order valence-corrected chi connectivity index (χ0v) is 7.28. The highest BCUT2D eigenvalue weighted by Gasteiger charge is 2.02. The van der Waals surface area contributed by atoms with Crippen LogP contribution < -0.4 is 0 Å². The number of nitro benzene ring substituents is 1. The van der Waals surface area contributed by atoms with E-state index in [0.29, 0.717) is 6.42 Å². The molecule has 0 radical (unpaired) electrons. The number of non-ortho nitro benzene ring substituents is 1. The SMILES string of the molecule is CC#CCc1ccc([N+](=O)[O-])cc1. The van der Waals surface area contributed by atoms with E-state index in [4.69, 9.17) is 0 Å². The highest BCUT2D eigenvalue weighted by atomic mass is 16.6. The summed E-state index contributed by atoms with van der Waals surface area (Å²) in [4.78, 5) is 9.90. The molecule has 3 heteroatoms. The van der Waals surface area contributed by atoms with Gasteiger partial charge < -0.3 is 0 Å². The van der Waals surface area contributed by atoms with Crippen molar-refractivity contribution in [1.29, 1.82) is 0 Å². The predicted octanol–water partition coefficient (Wildman–Crippen LogP) is 2.16. The van der Waals surface area contributed by atoms with Crippen LogP contribution in [-0.4, -0.2) is 4.92 Å². The second kappa shape index (κ2) is 4.27. The lowest BCUT2D eigenvalue weighted by Crippen LogP contribution is -1.88. The van der Waals surface area contributed by atoms with E-state index >= 15 is 0 Å². The van der Waals surface area contributed by atoms with E-state index in [0.717, 1.165) is 5.56 Å². The molecular weight excluding hydrogens is 166 g/mol. The number of rotatable bonds is 2. The highest BCUT2D eigenvalue weighted by Crippen LogP contribution is 2.11. The fraction of sp³-hybridized carbons (Fsp3) is 0.200. The molecule has 0 saturated carbocycles. The third kappa shape index (κ3) is 2.60. The van der Waals surface area contributed by atoms with Gasteiger partial charge in [0.2, 0.25) is 0 Å². The van der Waals surface area contributed by atoms with Crippen LogP contribution in [0.5, 0.6) is 0 Å². The second-order valence-electron chi connectivity index (χ2n) is 2.53. The van der Waals surface area contributed by atoms with Crippen molar-refractivity contribution in [2.45, 2.75) is 13.3 Å². The van der Waals surface area contributed by atoms with Crippen molar-refractivity contribution in [1.82, 2.24) is 0 Å². The van der Waals surface area contributed by atoms with Gasteiger partial charge in [-0.15, -0.1) is 5.92 Å². The van der Waals surface area contributed by atoms with Crippen LogP contribution >= 0.6 is 0 Å². The quantitative estimate of drug-likeness (QED) is 0.392. The molecule has 0 saturated heterocycles. The van der Waals surface area contributed by atoms with Gasteiger partial charge >= 0.3 is 0 Å². The van der Waals surface area contributed by atoms with Crippen LogP contribution in [0, 0.1) is 22.0 Å². The summed E-state index contributed by atoms with van der Waals surface area (Å²) in [5.41, 5.74) is 1.12. The molecule has 0 aliphatic heterocycles. The van der Waals surface area contributed by atoms with Gasteiger partial charge in [0.15, 0.2) is 0 Å². The smallest absolute Gasteiger partial charge is 0.258 e. The topological polar surface area (TPSA) is 43.1 Å². The molecule has 0 fully saturated rings. The van der Waals surface area contributed by atoms with E-state index in [9.17, 15) is 10.1 Å². The Morgan fingerprint density at radius 3 is 2.46 bits per heavy atom. The summed E-state index contributed by atoms with van der Waals surface area (Å²) < 4.78 is 0. The van der Waals surface area contributed by atoms with E-state index in [1.54, 1.807) is 19.1 Å². The molecular formula is C10H9NO2. The van der Waals surface area contributed by atoms with Crippen molar-refractivity contribution < 1.29 is 4.92 Å². The molecule has 1 rings (SSSR count). The Bertz CT molecular complexity index is 357. The molecule has 1 aromatic carbocycles. The number of nitrogens with zero attached hydrogens (tertiary/aromatic N) is 1. The molecule has 13 heavy (non-hydrogen) atoms. The summed E-state index contributed by atoms with van der Waals surface area (Å²) in [5, 5.41) is 10.3. The molecule has 66 valence electrons. The predicted molar refractivity (Wildman–Crippen MR) is 50.3 cm³/mol. The fourth-order valence-electron chi connectivity index (χ4n) is 0.926. The summed E-state index contributed by atoms with van der Waals surface area (Å²) in [5.74, 6) is 5.66. The van der Waals surface area contributed by atoms with E-state index in [2.05, 4.69) is 11.8 Å². The molecule has 0 spiro atoms. The Morgan fingerprint density at radius 1 is 1.38 bits per heavy atom. The highest BCUT2D eigenvalue weighted by molar-refractivity contribution is 5.34. The van der Waals surface area contributed by atoms with Gasteiger partial charge in [-0.25, -0.2) is 0 Å². The van der Waals surface area contributed by atoms with Crippen molar-refractivity contribution in [2.24, 2.45) is 0 Å². The average molecular weight is 175 g/mol. The number of hydrogen-bond donors (Lipinski definition) is 0. The van der Waals surface area contributed by atoms with Gasteiger partial charge in [-0.05, 0) is 12.5 Å². The summed E-state index contributed by atoms with van der Waals surface area (Å²) in [7, 11) is 0. The van der Waals surface area contributed by atoms with Crippen molar-refractivity contribution in [3.05, 3.63) is 39.9 Å². The normalized spacial score (nSPS) is 8.69. The van der Waals surface area contributed by atoms with Crippen LogP contribution in [0.25, 0.3) is 0 Å². The van der Waals surface area contributed by atoms with Gasteiger partial charge in [0.05, 0.1) is 4.92 Å². The van der Waals surface area contributed by atoms with Crippen LogP contribution in [0.3, 0.4) is 0 Å². The van der Waals surface area contributed by atoms with Gasteiger partial charge in [0.25, 0.3) is 5.69 Å².